The average molecular weight is 423 g/mol. The molecule has 0 aliphatic carbocycles. The van der Waals surface area contributed by atoms with Gasteiger partial charge in [0, 0.05) is 6.42 Å². The first-order valence-electron chi connectivity index (χ1n) is 8.53. The van der Waals surface area contributed by atoms with E-state index in [2.05, 4.69) is 5.32 Å². The predicted molar refractivity (Wildman–Crippen MR) is 105 cm³/mol. The molecule has 0 radical (unpaired) electrons. The Hall–Kier alpha value is -2.58. The van der Waals surface area contributed by atoms with Crippen molar-refractivity contribution >= 4 is 39.1 Å². The molecular weight excluding hydrogens is 404 g/mol. The van der Waals surface area contributed by atoms with E-state index in [0.29, 0.717) is 26.3 Å². The highest BCUT2D eigenvalue weighted by molar-refractivity contribution is 7.89. The van der Waals surface area contributed by atoms with Crippen molar-refractivity contribution in [2.24, 2.45) is 0 Å². The third-order valence-corrected chi connectivity index (χ3v) is 6.67. The molecule has 9 heteroatoms. The molecule has 2 amide bonds. The van der Waals surface area contributed by atoms with Crippen LogP contribution >= 0.6 is 11.6 Å². The molecule has 0 saturated carbocycles. The Morgan fingerprint density at radius 2 is 1.96 bits per heavy atom. The highest BCUT2D eigenvalue weighted by atomic mass is 35.5. The fraction of sp³-hybridized carbons (Fsp3) is 0.263. The number of carbonyl (C=O) groups excluding carboxylic acids is 2. The summed E-state index contributed by atoms with van der Waals surface area (Å²) in [4.78, 5) is 25.0. The molecule has 0 spiro atoms. The Morgan fingerprint density at radius 1 is 1.25 bits per heavy atom. The van der Waals surface area contributed by atoms with E-state index >= 15 is 0 Å². The number of sulfonamides is 1. The Kier molecular flexibility index (Phi) is 5.62. The Labute approximate surface area is 168 Å². The summed E-state index contributed by atoms with van der Waals surface area (Å²) in [5.41, 5.74) is 0.957. The second-order valence-electron chi connectivity index (χ2n) is 6.35. The average Bonchev–Trinajstić information content (AvgIpc) is 3.06. The maximum Gasteiger partial charge on any atom is 0.267 e. The van der Waals surface area contributed by atoms with E-state index in [-0.39, 0.29) is 17.7 Å². The number of rotatable bonds is 5. The van der Waals surface area contributed by atoms with Crippen molar-refractivity contribution in [3.8, 4) is 5.75 Å². The first kappa shape index (κ1) is 20.2. The lowest BCUT2D eigenvalue weighted by atomic mass is 10.2. The minimum absolute atomic E-state index is 0.0328. The van der Waals surface area contributed by atoms with E-state index in [4.69, 9.17) is 16.3 Å². The van der Waals surface area contributed by atoms with Gasteiger partial charge in [0.15, 0.2) is 0 Å². The van der Waals surface area contributed by atoms with Gasteiger partial charge in [-0.15, -0.1) is 0 Å². The number of amides is 2. The smallest absolute Gasteiger partial charge is 0.267 e. The number of hydrogen-bond donors (Lipinski definition) is 1. The predicted octanol–water partition coefficient (Wildman–Crippen LogP) is 2.98. The van der Waals surface area contributed by atoms with Crippen molar-refractivity contribution in [3.05, 3.63) is 53.1 Å². The summed E-state index contributed by atoms with van der Waals surface area (Å²) in [6, 6.07) is 9.75. The molecule has 28 heavy (non-hydrogen) atoms. The lowest BCUT2D eigenvalue weighted by molar-refractivity contribution is -0.128. The quantitative estimate of drug-likeness (QED) is 0.799. The maximum atomic E-state index is 13.1. The van der Waals surface area contributed by atoms with Crippen molar-refractivity contribution in [2.75, 3.05) is 12.4 Å². The zero-order chi connectivity index (χ0) is 20.5. The van der Waals surface area contributed by atoms with Gasteiger partial charge < -0.3 is 10.1 Å². The molecule has 0 unspecified atom stereocenters. The molecule has 1 saturated heterocycles. The summed E-state index contributed by atoms with van der Waals surface area (Å²) in [6.45, 7) is 1.70. The fourth-order valence-corrected chi connectivity index (χ4v) is 4.98. The van der Waals surface area contributed by atoms with E-state index in [1.807, 2.05) is 0 Å². The molecule has 1 N–H and O–H groups in total. The standard InChI is InChI=1S/C19H19ClN2O5S/c1-12-11-13(7-9-17(12)27-2)28(25,26)22-16(8-10-18(22)23)19(24)21-15-6-4-3-5-14(15)20/h3-7,9,11,16H,8,10H2,1-2H3,(H,21,24)/t16-/m1/s1. The molecule has 2 aromatic rings. The molecule has 1 atom stereocenters. The van der Waals surface area contributed by atoms with Gasteiger partial charge in [-0.2, -0.15) is 0 Å². The van der Waals surface area contributed by atoms with Gasteiger partial charge in [0.1, 0.15) is 11.8 Å². The lowest BCUT2D eigenvalue weighted by Crippen LogP contribution is -2.45. The normalized spacial score (nSPS) is 16.9. The third kappa shape index (κ3) is 3.70. The summed E-state index contributed by atoms with van der Waals surface area (Å²) >= 11 is 6.05. The largest absolute Gasteiger partial charge is 0.496 e. The zero-order valence-electron chi connectivity index (χ0n) is 15.3. The number of nitrogens with one attached hydrogen (secondary N) is 1. The maximum absolute atomic E-state index is 13.1. The number of ether oxygens (including phenoxy) is 1. The fourth-order valence-electron chi connectivity index (χ4n) is 3.10. The lowest BCUT2D eigenvalue weighted by Gasteiger charge is -2.24. The topological polar surface area (TPSA) is 92.8 Å². The van der Waals surface area contributed by atoms with Crippen LogP contribution < -0.4 is 10.1 Å². The summed E-state index contributed by atoms with van der Waals surface area (Å²) < 4.78 is 32.0. The van der Waals surface area contributed by atoms with Crippen LogP contribution in [0.25, 0.3) is 0 Å². The van der Waals surface area contributed by atoms with Crippen molar-refractivity contribution < 1.29 is 22.7 Å². The van der Waals surface area contributed by atoms with Crippen LogP contribution in [-0.2, 0) is 19.6 Å². The van der Waals surface area contributed by atoms with Crippen LogP contribution in [0, 0.1) is 6.92 Å². The van der Waals surface area contributed by atoms with E-state index in [0.717, 1.165) is 0 Å². The number of para-hydroxylation sites is 1. The molecule has 3 rings (SSSR count). The first-order chi connectivity index (χ1) is 13.3. The van der Waals surface area contributed by atoms with Crippen LogP contribution in [0.5, 0.6) is 5.75 Å². The van der Waals surface area contributed by atoms with Gasteiger partial charge in [0.05, 0.1) is 22.7 Å². The molecule has 7 nitrogen and oxygen atoms in total. The van der Waals surface area contributed by atoms with Gasteiger partial charge in [-0.25, -0.2) is 12.7 Å². The van der Waals surface area contributed by atoms with Gasteiger partial charge >= 0.3 is 0 Å². The van der Waals surface area contributed by atoms with E-state index in [1.165, 1.54) is 25.3 Å². The Bertz CT molecular complexity index is 1040. The van der Waals surface area contributed by atoms with Crippen LogP contribution in [0.1, 0.15) is 18.4 Å². The SMILES string of the molecule is COc1ccc(S(=O)(=O)N2C(=O)CC[C@@H]2C(=O)Nc2ccccc2Cl)cc1C. The van der Waals surface area contributed by atoms with Gasteiger partial charge in [-0.1, -0.05) is 23.7 Å². The Balaban J connectivity index is 1.92. The van der Waals surface area contributed by atoms with Gasteiger partial charge in [0.2, 0.25) is 11.8 Å². The van der Waals surface area contributed by atoms with Crippen LogP contribution in [-0.4, -0.2) is 37.7 Å². The molecule has 0 aromatic heterocycles. The number of halogens is 1. The summed E-state index contributed by atoms with van der Waals surface area (Å²) in [6.07, 6.45) is 0.0679. The minimum Gasteiger partial charge on any atom is -0.496 e. The number of aryl methyl sites for hydroxylation is 1. The molecule has 1 aliphatic heterocycles. The van der Waals surface area contributed by atoms with Gasteiger partial charge in [-0.05, 0) is 49.2 Å². The number of carbonyl (C=O) groups is 2. The molecule has 148 valence electrons. The molecule has 1 aliphatic rings. The molecule has 1 fully saturated rings. The van der Waals surface area contributed by atoms with Crippen LogP contribution in [0.4, 0.5) is 5.69 Å². The number of anilines is 1. The highest BCUT2D eigenvalue weighted by Crippen LogP contribution is 2.31. The first-order valence-corrected chi connectivity index (χ1v) is 10.3. The number of hydrogen-bond acceptors (Lipinski definition) is 5. The van der Waals surface area contributed by atoms with Crippen molar-refractivity contribution in [1.29, 1.82) is 0 Å². The van der Waals surface area contributed by atoms with Crippen LogP contribution in [0.15, 0.2) is 47.4 Å². The summed E-state index contributed by atoms with van der Waals surface area (Å²) in [5, 5.41) is 2.93. The number of methoxy groups -OCH3 is 1. The second-order valence-corrected chi connectivity index (χ2v) is 8.57. The molecule has 1 heterocycles. The zero-order valence-corrected chi connectivity index (χ0v) is 16.9. The van der Waals surface area contributed by atoms with Gasteiger partial charge in [-0.3, -0.25) is 9.59 Å². The van der Waals surface area contributed by atoms with E-state index in [1.54, 1.807) is 31.2 Å². The molecular formula is C19H19ClN2O5S. The highest BCUT2D eigenvalue weighted by Gasteiger charge is 2.44. The number of benzene rings is 2. The Morgan fingerprint density at radius 3 is 2.61 bits per heavy atom. The minimum atomic E-state index is -4.20. The summed E-state index contributed by atoms with van der Waals surface area (Å²) in [7, 11) is -2.72. The third-order valence-electron chi connectivity index (χ3n) is 4.52. The van der Waals surface area contributed by atoms with Crippen molar-refractivity contribution in [1.82, 2.24) is 4.31 Å². The monoisotopic (exact) mass is 422 g/mol. The molecule has 2 aromatic carbocycles. The summed E-state index contributed by atoms with van der Waals surface area (Å²) in [5.74, 6) is -0.694. The number of nitrogens with zero attached hydrogens (tertiary/aromatic N) is 1. The van der Waals surface area contributed by atoms with Crippen LogP contribution in [0.2, 0.25) is 5.02 Å². The molecule has 0 bridgehead atoms. The van der Waals surface area contributed by atoms with E-state index < -0.39 is 27.9 Å². The van der Waals surface area contributed by atoms with E-state index in [9.17, 15) is 18.0 Å². The second kappa shape index (κ2) is 7.81. The van der Waals surface area contributed by atoms with Crippen LogP contribution in [0.3, 0.4) is 0 Å². The van der Waals surface area contributed by atoms with Crippen molar-refractivity contribution in [2.45, 2.75) is 30.7 Å². The van der Waals surface area contributed by atoms with Crippen molar-refractivity contribution in [3.63, 3.8) is 0 Å². The van der Waals surface area contributed by atoms with Gasteiger partial charge in [0.25, 0.3) is 10.0 Å².